The lowest BCUT2D eigenvalue weighted by Gasteiger charge is -2.31. The number of aliphatic hydroxyl groups excluding tert-OH is 1. The molecule has 2 aromatic rings. The summed E-state index contributed by atoms with van der Waals surface area (Å²) in [6.45, 7) is 3.76. The molecule has 2 heterocycles. The average Bonchev–Trinajstić information content (AvgIpc) is 3.41. The number of carbonyl (C=O) groups is 2. The number of terminal acetylenes is 1. The molecule has 1 amide bonds. The molecule has 0 bridgehead atoms. The highest BCUT2D eigenvalue weighted by atomic mass is 19.1. The van der Waals surface area contributed by atoms with Crippen LogP contribution in [0.2, 0.25) is 0 Å². The summed E-state index contributed by atoms with van der Waals surface area (Å²) in [7, 11) is 1.31. The van der Waals surface area contributed by atoms with Crippen molar-refractivity contribution in [1.82, 2.24) is 19.5 Å². The van der Waals surface area contributed by atoms with Gasteiger partial charge in [-0.2, -0.15) is 14.4 Å². The summed E-state index contributed by atoms with van der Waals surface area (Å²) in [5, 5.41) is 13.7. The number of carbonyl (C=O) groups excluding carboxylic acids is 2. The Labute approximate surface area is 261 Å². The second-order valence-corrected chi connectivity index (χ2v) is 11.5. The van der Waals surface area contributed by atoms with E-state index in [4.69, 9.17) is 15.9 Å². The summed E-state index contributed by atoms with van der Waals surface area (Å²) in [6, 6.07) is 0. The first-order chi connectivity index (χ1) is 21.3. The summed E-state index contributed by atoms with van der Waals surface area (Å²) in [6.07, 6.45) is 21.9. The molecule has 11 heteroatoms. The van der Waals surface area contributed by atoms with Gasteiger partial charge in [0, 0.05) is 20.0 Å². The molecule has 0 aliphatic heterocycles. The van der Waals surface area contributed by atoms with E-state index in [0.717, 1.165) is 38.5 Å². The van der Waals surface area contributed by atoms with Crippen molar-refractivity contribution in [2.24, 2.45) is 0 Å². The molecule has 10 nitrogen and oxygen atoms in total. The van der Waals surface area contributed by atoms with E-state index in [9.17, 15) is 19.1 Å². The molecule has 2 atom stereocenters. The number of aromatic nitrogens is 4. The van der Waals surface area contributed by atoms with Crippen LogP contribution in [-0.4, -0.2) is 61.9 Å². The highest BCUT2D eigenvalue weighted by Crippen LogP contribution is 2.23. The predicted octanol–water partition coefficient (Wildman–Crippen LogP) is 6.50. The first-order valence-electron chi connectivity index (χ1n) is 16.3. The van der Waals surface area contributed by atoms with Crippen LogP contribution in [0.3, 0.4) is 0 Å². The zero-order valence-corrected chi connectivity index (χ0v) is 26.9. The SMILES string of the molecule is C#C[C@](COC(=O)CCCCCC)(OC)[C@@H](O)Cn1cnc2c(NC(=O)CCCCCCCCCCCCC)nc(F)nc21. The molecule has 0 aromatic carbocycles. The Balaban J connectivity index is 1.90. The lowest BCUT2D eigenvalue weighted by Crippen LogP contribution is -2.49. The number of unbranched alkanes of at least 4 members (excludes halogenated alkanes) is 13. The number of halogens is 1. The Hall–Kier alpha value is -3.10. The molecule has 0 radical (unpaired) electrons. The van der Waals surface area contributed by atoms with E-state index < -0.39 is 23.8 Å². The van der Waals surface area contributed by atoms with Gasteiger partial charge >= 0.3 is 12.0 Å². The van der Waals surface area contributed by atoms with E-state index in [1.54, 1.807) is 0 Å². The molecule has 2 N–H and O–H groups in total. The zero-order valence-electron chi connectivity index (χ0n) is 26.9. The van der Waals surface area contributed by atoms with Crippen LogP contribution < -0.4 is 5.32 Å². The zero-order chi connectivity index (χ0) is 32.2. The van der Waals surface area contributed by atoms with Crippen molar-refractivity contribution in [3.05, 3.63) is 12.4 Å². The van der Waals surface area contributed by atoms with Gasteiger partial charge in [-0.25, -0.2) is 4.98 Å². The fourth-order valence-corrected chi connectivity index (χ4v) is 5.06. The van der Waals surface area contributed by atoms with Crippen LogP contribution in [0.25, 0.3) is 11.2 Å². The summed E-state index contributed by atoms with van der Waals surface area (Å²) in [5.74, 6) is 1.66. The van der Waals surface area contributed by atoms with E-state index in [1.807, 2.05) is 0 Å². The largest absolute Gasteiger partial charge is 0.461 e. The molecule has 2 aromatic heterocycles. The van der Waals surface area contributed by atoms with Gasteiger partial charge in [0.15, 0.2) is 22.6 Å². The molecular formula is C33H52FN5O5. The smallest absolute Gasteiger partial charge is 0.312 e. The van der Waals surface area contributed by atoms with Gasteiger partial charge in [-0.3, -0.25) is 9.59 Å². The fourth-order valence-electron chi connectivity index (χ4n) is 5.06. The van der Waals surface area contributed by atoms with Crippen LogP contribution >= 0.6 is 0 Å². The van der Waals surface area contributed by atoms with Crippen LogP contribution in [-0.2, 0) is 25.6 Å². The maximum absolute atomic E-state index is 14.4. The van der Waals surface area contributed by atoms with Gasteiger partial charge in [-0.15, -0.1) is 6.42 Å². The van der Waals surface area contributed by atoms with Crippen molar-refractivity contribution >= 4 is 28.9 Å². The minimum absolute atomic E-state index is 0.0410. The Morgan fingerprint density at radius 2 is 1.55 bits per heavy atom. The van der Waals surface area contributed by atoms with Gasteiger partial charge in [0.25, 0.3) is 0 Å². The van der Waals surface area contributed by atoms with Gasteiger partial charge < -0.3 is 24.5 Å². The number of ether oxygens (including phenoxy) is 2. The van der Waals surface area contributed by atoms with Gasteiger partial charge in [-0.1, -0.05) is 103 Å². The average molecular weight is 618 g/mol. The normalized spacial score (nSPS) is 13.4. The number of imidazole rings is 1. The maximum Gasteiger partial charge on any atom is 0.312 e. The Bertz CT molecular complexity index is 1180. The number of amides is 1. The van der Waals surface area contributed by atoms with Crippen LogP contribution in [0, 0.1) is 18.4 Å². The number of nitrogens with one attached hydrogen (secondary N) is 1. The Morgan fingerprint density at radius 3 is 2.14 bits per heavy atom. The summed E-state index contributed by atoms with van der Waals surface area (Å²) in [5.41, 5.74) is -1.41. The lowest BCUT2D eigenvalue weighted by atomic mass is 9.98. The van der Waals surface area contributed by atoms with E-state index >= 15 is 0 Å². The number of fused-ring (bicyclic) bond motifs is 1. The summed E-state index contributed by atoms with van der Waals surface area (Å²) in [4.78, 5) is 36.6. The quantitative estimate of drug-likeness (QED) is 0.0591. The van der Waals surface area contributed by atoms with E-state index in [0.29, 0.717) is 12.8 Å². The number of esters is 1. The lowest BCUT2D eigenvalue weighted by molar-refractivity contribution is -0.157. The van der Waals surface area contributed by atoms with Crippen molar-refractivity contribution in [3.63, 3.8) is 0 Å². The molecule has 0 aliphatic carbocycles. The van der Waals surface area contributed by atoms with Gasteiger partial charge in [0.2, 0.25) is 5.91 Å². The number of anilines is 1. The first-order valence-corrected chi connectivity index (χ1v) is 16.3. The Morgan fingerprint density at radius 1 is 0.977 bits per heavy atom. The molecular weight excluding hydrogens is 565 g/mol. The molecule has 0 fully saturated rings. The highest BCUT2D eigenvalue weighted by Gasteiger charge is 2.39. The monoisotopic (exact) mass is 617 g/mol. The summed E-state index contributed by atoms with van der Waals surface area (Å²) >= 11 is 0. The minimum Gasteiger partial charge on any atom is -0.461 e. The molecule has 44 heavy (non-hydrogen) atoms. The van der Waals surface area contributed by atoms with E-state index in [1.165, 1.54) is 69.4 Å². The number of hydrogen-bond donors (Lipinski definition) is 2. The molecule has 0 saturated carbocycles. The number of methoxy groups -OCH3 is 1. The number of aliphatic hydroxyl groups is 1. The van der Waals surface area contributed by atoms with Gasteiger partial charge in [0.05, 0.1) is 12.9 Å². The standard InChI is InChI=1S/C33H52FN5O5/c1-5-8-10-12-13-14-15-16-17-18-19-21-27(41)36-30-29-31(38-32(34)37-30)39(25-35-29)23-26(40)33(7-3,43-4)24-44-28(42)22-20-11-9-6-2/h3,25-26,40H,5-6,8-24H2,1-2,4H3,(H,36,37,38,41)/t26-,33+/m0/s1. The maximum atomic E-state index is 14.4. The van der Waals surface area contributed by atoms with E-state index in [-0.39, 0.29) is 42.5 Å². The van der Waals surface area contributed by atoms with Crippen LogP contribution in [0.1, 0.15) is 123 Å². The minimum atomic E-state index is -1.65. The van der Waals surface area contributed by atoms with Crippen molar-refractivity contribution in [3.8, 4) is 12.3 Å². The summed E-state index contributed by atoms with van der Waals surface area (Å²) < 4.78 is 26.6. The van der Waals surface area contributed by atoms with Crippen LogP contribution in [0.5, 0.6) is 0 Å². The highest BCUT2D eigenvalue weighted by molar-refractivity contribution is 5.96. The molecule has 246 valence electrons. The number of rotatable bonds is 24. The Kier molecular flexibility index (Phi) is 17.5. The third-order valence-electron chi connectivity index (χ3n) is 7.90. The van der Waals surface area contributed by atoms with Crippen molar-refractivity contribution in [2.75, 3.05) is 19.0 Å². The van der Waals surface area contributed by atoms with Crippen LogP contribution in [0.4, 0.5) is 10.2 Å². The number of nitrogens with zero attached hydrogens (tertiary/aromatic N) is 4. The topological polar surface area (TPSA) is 128 Å². The molecule has 0 spiro atoms. The third-order valence-corrected chi connectivity index (χ3v) is 7.90. The van der Waals surface area contributed by atoms with Crippen molar-refractivity contribution in [2.45, 2.75) is 141 Å². The predicted molar refractivity (Wildman–Crippen MR) is 169 cm³/mol. The van der Waals surface area contributed by atoms with E-state index in [2.05, 4.69) is 40.0 Å². The molecule has 0 unspecified atom stereocenters. The molecule has 0 saturated heterocycles. The first kappa shape index (κ1) is 37.1. The van der Waals surface area contributed by atoms with Crippen LogP contribution in [0.15, 0.2) is 6.33 Å². The second-order valence-electron chi connectivity index (χ2n) is 11.5. The molecule has 0 aliphatic rings. The van der Waals surface area contributed by atoms with Crippen molar-refractivity contribution < 1.29 is 28.6 Å². The third kappa shape index (κ3) is 12.5. The van der Waals surface area contributed by atoms with Crippen molar-refractivity contribution in [1.29, 1.82) is 0 Å². The van der Waals surface area contributed by atoms with Gasteiger partial charge in [-0.05, 0) is 12.8 Å². The number of hydrogen-bond acceptors (Lipinski definition) is 8. The molecule has 2 rings (SSSR count). The second kappa shape index (κ2) is 20.8. The fraction of sp³-hybridized carbons (Fsp3) is 0.727. The van der Waals surface area contributed by atoms with Gasteiger partial charge in [0.1, 0.15) is 12.7 Å².